The summed E-state index contributed by atoms with van der Waals surface area (Å²) in [6, 6.07) is 13.1. The van der Waals surface area contributed by atoms with Gasteiger partial charge in [0.1, 0.15) is 17.9 Å². The van der Waals surface area contributed by atoms with Gasteiger partial charge in [0.15, 0.2) is 11.5 Å². The van der Waals surface area contributed by atoms with Crippen molar-refractivity contribution in [1.29, 1.82) is 0 Å². The number of amides is 1. The molecule has 1 aliphatic rings. The molecule has 1 amide bonds. The summed E-state index contributed by atoms with van der Waals surface area (Å²) in [6.07, 6.45) is 0.715. The van der Waals surface area contributed by atoms with Gasteiger partial charge in [0, 0.05) is 13.1 Å². The Kier molecular flexibility index (Phi) is 7.58. The number of methoxy groups -OCH3 is 3. The van der Waals surface area contributed by atoms with E-state index in [9.17, 15) is 9.59 Å². The summed E-state index contributed by atoms with van der Waals surface area (Å²) in [5.74, 6) is 1.34. The smallest absolute Gasteiger partial charge is 0.329 e. The van der Waals surface area contributed by atoms with Crippen LogP contribution >= 0.6 is 0 Å². The highest BCUT2D eigenvalue weighted by atomic mass is 16.5. The molecule has 8 nitrogen and oxygen atoms in total. The zero-order chi connectivity index (χ0) is 23.1. The number of para-hydroxylation sites is 1. The Labute approximate surface area is 188 Å². The van der Waals surface area contributed by atoms with Crippen LogP contribution in [0.2, 0.25) is 0 Å². The van der Waals surface area contributed by atoms with Gasteiger partial charge in [-0.25, -0.2) is 4.79 Å². The molecule has 0 radical (unpaired) electrons. The van der Waals surface area contributed by atoms with Crippen LogP contribution in [-0.2, 0) is 27.3 Å². The van der Waals surface area contributed by atoms with Gasteiger partial charge in [0.2, 0.25) is 5.91 Å². The number of esters is 1. The van der Waals surface area contributed by atoms with Crippen LogP contribution in [-0.4, -0.2) is 63.3 Å². The van der Waals surface area contributed by atoms with Crippen molar-refractivity contribution in [3.63, 3.8) is 0 Å². The molecule has 3 rings (SSSR count). The predicted molar refractivity (Wildman–Crippen MR) is 119 cm³/mol. The lowest BCUT2D eigenvalue weighted by atomic mass is 9.98. The fourth-order valence-electron chi connectivity index (χ4n) is 3.63. The van der Waals surface area contributed by atoms with Crippen molar-refractivity contribution < 1.29 is 28.5 Å². The van der Waals surface area contributed by atoms with Crippen molar-refractivity contribution in [3.05, 3.63) is 53.6 Å². The van der Waals surface area contributed by atoms with E-state index < -0.39 is 11.5 Å². The Morgan fingerprint density at radius 2 is 1.69 bits per heavy atom. The van der Waals surface area contributed by atoms with Crippen LogP contribution in [0.15, 0.2) is 42.5 Å². The molecule has 1 atom stereocenters. The van der Waals surface area contributed by atoms with Crippen molar-refractivity contribution in [2.24, 2.45) is 0 Å². The molecule has 1 aliphatic heterocycles. The summed E-state index contributed by atoms with van der Waals surface area (Å²) in [5, 5.41) is 3.04. The van der Waals surface area contributed by atoms with Crippen molar-refractivity contribution in [2.75, 3.05) is 41.0 Å². The van der Waals surface area contributed by atoms with E-state index in [2.05, 4.69) is 5.32 Å². The molecule has 8 heteroatoms. The van der Waals surface area contributed by atoms with E-state index in [1.165, 1.54) is 7.11 Å². The van der Waals surface area contributed by atoms with Gasteiger partial charge in [-0.1, -0.05) is 18.2 Å². The van der Waals surface area contributed by atoms with Crippen LogP contribution in [0, 0.1) is 0 Å². The van der Waals surface area contributed by atoms with Crippen LogP contribution in [0.5, 0.6) is 17.2 Å². The summed E-state index contributed by atoms with van der Waals surface area (Å²) in [4.78, 5) is 27.1. The average molecular weight is 443 g/mol. The van der Waals surface area contributed by atoms with E-state index in [0.717, 1.165) is 11.1 Å². The number of nitrogens with zero attached hydrogens (tertiary/aromatic N) is 1. The second kappa shape index (κ2) is 10.4. The van der Waals surface area contributed by atoms with E-state index >= 15 is 0 Å². The van der Waals surface area contributed by atoms with Gasteiger partial charge in [-0.2, -0.15) is 0 Å². The minimum Gasteiger partial charge on any atom is -0.493 e. The lowest BCUT2D eigenvalue weighted by molar-refractivity contribution is -0.149. The number of benzene rings is 2. The number of carbonyl (C=O) groups excluding carboxylic acids is 2. The van der Waals surface area contributed by atoms with Crippen molar-refractivity contribution in [3.8, 4) is 17.2 Å². The van der Waals surface area contributed by atoms with Crippen LogP contribution in [0.4, 0.5) is 0 Å². The van der Waals surface area contributed by atoms with E-state index in [4.69, 9.17) is 18.9 Å². The van der Waals surface area contributed by atoms with Crippen LogP contribution in [0.25, 0.3) is 0 Å². The molecule has 0 aromatic heterocycles. The molecule has 0 saturated heterocycles. The number of carbonyl (C=O) groups is 2. The largest absolute Gasteiger partial charge is 0.493 e. The number of nitrogens with one attached hydrogen (secondary N) is 1. The maximum Gasteiger partial charge on any atom is 0.329 e. The van der Waals surface area contributed by atoms with Gasteiger partial charge in [-0.15, -0.1) is 0 Å². The third-order valence-electron chi connectivity index (χ3n) is 5.61. The maximum atomic E-state index is 12.9. The molecular weight excluding hydrogens is 412 g/mol. The lowest BCUT2D eigenvalue weighted by Crippen LogP contribution is -2.57. The quantitative estimate of drug-likeness (QED) is 0.596. The first-order valence-corrected chi connectivity index (χ1v) is 10.4. The predicted octanol–water partition coefficient (Wildman–Crippen LogP) is 2.19. The van der Waals surface area contributed by atoms with Crippen LogP contribution < -0.4 is 19.5 Å². The highest BCUT2D eigenvalue weighted by Crippen LogP contribution is 2.33. The molecule has 2 aromatic carbocycles. The third-order valence-corrected chi connectivity index (χ3v) is 5.61. The molecule has 1 N–H and O–H groups in total. The molecule has 1 heterocycles. The number of rotatable bonds is 9. The Bertz CT molecular complexity index is 949. The first kappa shape index (κ1) is 23.4. The standard InChI is InChI=1S/C24H30N2O6/c1-24(23(28)31-4,16-32-19-8-6-5-7-9-19)25-14-22(27)26-11-10-17-12-20(29-2)21(30-3)13-18(17)15-26/h5-9,12-13,25H,10-11,14-16H2,1-4H3. The molecule has 0 bridgehead atoms. The number of hydrogen-bond acceptors (Lipinski definition) is 7. The number of ether oxygens (including phenoxy) is 4. The summed E-state index contributed by atoms with van der Waals surface area (Å²) < 4.78 is 21.5. The summed E-state index contributed by atoms with van der Waals surface area (Å²) in [6.45, 7) is 2.71. The first-order valence-electron chi connectivity index (χ1n) is 10.4. The van der Waals surface area contributed by atoms with Crippen molar-refractivity contribution >= 4 is 11.9 Å². The zero-order valence-electron chi connectivity index (χ0n) is 19.0. The average Bonchev–Trinajstić information content (AvgIpc) is 2.84. The third kappa shape index (κ3) is 5.31. The Morgan fingerprint density at radius 3 is 2.31 bits per heavy atom. The van der Waals surface area contributed by atoms with E-state index in [-0.39, 0.29) is 19.1 Å². The molecular formula is C24H30N2O6. The van der Waals surface area contributed by atoms with E-state index in [0.29, 0.717) is 36.8 Å². The fourth-order valence-corrected chi connectivity index (χ4v) is 3.63. The SMILES string of the molecule is COC(=O)C(C)(COc1ccccc1)NCC(=O)N1CCc2cc(OC)c(OC)cc2C1. The number of fused-ring (bicyclic) bond motifs is 1. The second-order valence-electron chi connectivity index (χ2n) is 7.82. The van der Waals surface area contributed by atoms with Gasteiger partial charge in [0.05, 0.1) is 27.9 Å². The second-order valence-corrected chi connectivity index (χ2v) is 7.82. The number of hydrogen-bond donors (Lipinski definition) is 1. The minimum absolute atomic E-state index is 0.0215. The van der Waals surface area contributed by atoms with Gasteiger partial charge in [0.25, 0.3) is 0 Å². The fraction of sp³-hybridized carbons (Fsp3) is 0.417. The molecule has 0 saturated carbocycles. The first-order chi connectivity index (χ1) is 15.4. The van der Waals surface area contributed by atoms with Gasteiger partial charge in [-0.3, -0.25) is 10.1 Å². The van der Waals surface area contributed by atoms with Gasteiger partial charge < -0.3 is 23.8 Å². The Balaban J connectivity index is 1.64. The van der Waals surface area contributed by atoms with Crippen LogP contribution in [0.3, 0.4) is 0 Å². The molecule has 1 unspecified atom stereocenters. The molecule has 32 heavy (non-hydrogen) atoms. The Hall–Kier alpha value is -3.26. The molecule has 0 aliphatic carbocycles. The van der Waals surface area contributed by atoms with E-state index in [1.54, 1.807) is 38.2 Å². The summed E-state index contributed by atoms with van der Waals surface area (Å²) >= 11 is 0. The molecule has 0 spiro atoms. The molecule has 0 fully saturated rings. The highest BCUT2D eigenvalue weighted by Gasteiger charge is 2.36. The van der Waals surface area contributed by atoms with Crippen molar-refractivity contribution in [2.45, 2.75) is 25.4 Å². The Morgan fingerprint density at radius 1 is 1.03 bits per heavy atom. The van der Waals surface area contributed by atoms with Gasteiger partial charge >= 0.3 is 5.97 Å². The maximum absolute atomic E-state index is 12.9. The van der Waals surface area contributed by atoms with E-state index in [1.807, 2.05) is 30.3 Å². The summed E-state index contributed by atoms with van der Waals surface area (Å²) in [5.41, 5.74) is 0.977. The lowest BCUT2D eigenvalue weighted by Gasteiger charge is -2.32. The monoisotopic (exact) mass is 442 g/mol. The molecule has 172 valence electrons. The van der Waals surface area contributed by atoms with Crippen LogP contribution in [0.1, 0.15) is 18.1 Å². The molecule has 2 aromatic rings. The van der Waals surface area contributed by atoms with Crippen molar-refractivity contribution in [1.82, 2.24) is 10.2 Å². The normalized spacial score (nSPS) is 14.7. The highest BCUT2D eigenvalue weighted by molar-refractivity contribution is 5.83. The minimum atomic E-state index is -1.18. The topological polar surface area (TPSA) is 86.3 Å². The summed E-state index contributed by atoms with van der Waals surface area (Å²) in [7, 11) is 4.51. The van der Waals surface area contributed by atoms with Gasteiger partial charge in [-0.05, 0) is 48.7 Å². The zero-order valence-corrected chi connectivity index (χ0v) is 19.0.